The minimum atomic E-state index is -0.164. The fourth-order valence-electron chi connectivity index (χ4n) is 1.66. The molecule has 98 valence electrons. The molecule has 1 aromatic carbocycles. The first-order valence-electron chi connectivity index (χ1n) is 5.63. The SMILES string of the molecule is CC(=O)Nc1ccc(Cl)cc1C(C)N(C)C(C)=O. The minimum Gasteiger partial charge on any atom is -0.339 e. The van der Waals surface area contributed by atoms with E-state index in [1.165, 1.54) is 13.8 Å². The monoisotopic (exact) mass is 268 g/mol. The molecule has 0 aliphatic rings. The lowest BCUT2D eigenvalue weighted by atomic mass is 10.0. The van der Waals surface area contributed by atoms with Gasteiger partial charge in [-0.25, -0.2) is 0 Å². The normalized spacial score (nSPS) is 11.8. The van der Waals surface area contributed by atoms with E-state index >= 15 is 0 Å². The maximum atomic E-state index is 11.4. The van der Waals surface area contributed by atoms with Crippen LogP contribution < -0.4 is 5.32 Å². The molecule has 4 nitrogen and oxygen atoms in total. The zero-order valence-electron chi connectivity index (χ0n) is 11.0. The Labute approximate surface area is 112 Å². The number of carbonyl (C=O) groups is 2. The lowest BCUT2D eigenvalue weighted by Crippen LogP contribution is -2.28. The van der Waals surface area contributed by atoms with Crippen LogP contribution in [0.5, 0.6) is 0 Å². The van der Waals surface area contributed by atoms with Gasteiger partial charge < -0.3 is 10.2 Å². The Morgan fingerprint density at radius 2 is 1.94 bits per heavy atom. The molecule has 5 heteroatoms. The first-order chi connectivity index (χ1) is 8.32. The summed E-state index contributed by atoms with van der Waals surface area (Å²) in [7, 11) is 1.71. The molecule has 0 bridgehead atoms. The third-order valence-corrected chi connectivity index (χ3v) is 3.09. The smallest absolute Gasteiger partial charge is 0.221 e. The number of nitrogens with one attached hydrogen (secondary N) is 1. The van der Waals surface area contributed by atoms with Crippen molar-refractivity contribution in [2.45, 2.75) is 26.8 Å². The second-order valence-corrected chi connectivity index (χ2v) is 4.66. The maximum Gasteiger partial charge on any atom is 0.221 e. The lowest BCUT2D eigenvalue weighted by molar-refractivity contribution is -0.129. The number of anilines is 1. The molecule has 1 N–H and O–H groups in total. The van der Waals surface area contributed by atoms with Crippen LogP contribution in [0.25, 0.3) is 0 Å². The summed E-state index contributed by atoms with van der Waals surface area (Å²) >= 11 is 5.97. The first-order valence-corrected chi connectivity index (χ1v) is 6.01. The summed E-state index contributed by atoms with van der Waals surface area (Å²) in [5.41, 5.74) is 1.49. The number of halogens is 1. The van der Waals surface area contributed by atoms with Crippen molar-refractivity contribution < 1.29 is 9.59 Å². The summed E-state index contributed by atoms with van der Waals surface area (Å²) in [5, 5.41) is 3.31. The van der Waals surface area contributed by atoms with E-state index in [0.717, 1.165) is 5.56 Å². The van der Waals surface area contributed by atoms with Gasteiger partial charge in [-0.05, 0) is 30.7 Å². The van der Waals surface area contributed by atoms with E-state index in [2.05, 4.69) is 5.32 Å². The summed E-state index contributed by atoms with van der Waals surface area (Å²) in [6, 6.07) is 5.04. The number of carbonyl (C=O) groups excluding carboxylic acids is 2. The van der Waals surface area contributed by atoms with Crippen molar-refractivity contribution >= 4 is 29.1 Å². The average Bonchev–Trinajstić information content (AvgIpc) is 2.28. The highest BCUT2D eigenvalue weighted by Crippen LogP contribution is 2.29. The fourth-order valence-corrected chi connectivity index (χ4v) is 1.84. The molecule has 0 aromatic heterocycles. The predicted octanol–water partition coefficient (Wildman–Crippen LogP) is 2.84. The Kier molecular flexibility index (Phi) is 4.73. The van der Waals surface area contributed by atoms with Gasteiger partial charge in [0.25, 0.3) is 0 Å². The molecule has 1 atom stereocenters. The second kappa shape index (κ2) is 5.87. The maximum absolute atomic E-state index is 11.4. The Morgan fingerprint density at radius 3 is 2.44 bits per heavy atom. The van der Waals surface area contributed by atoms with Gasteiger partial charge in [0, 0.05) is 31.6 Å². The molecule has 0 saturated heterocycles. The standard InChI is InChI=1S/C13H17ClN2O2/c1-8(16(4)10(3)18)12-7-11(14)5-6-13(12)15-9(2)17/h5-8H,1-4H3,(H,15,17). The van der Waals surface area contributed by atoms with E-state index in [-0.39, 0.29) is 17.9 Å². The van der Waals surface area contributed by atoms with E-state index in [1.807, 2.05) is 6.92 Å². The molecule has 0 saturated carbocycles. The van der Waals surface area contributed by atoms with Crippen LogP contribution in [0.2, 0.25) is 5.02 Å². The summed E-state index contributed by atoms with van der Waals surface area (Å²) in [4.78, 5) is 24.1. The zero-order chi connectivity index (χ0) is 13.9. The molecule has 0 aliphatic heterocycles. The number of hydrogen-bond acceptors (Lipinski definition) is 2. The quantitative estimate of drug-likeness (QED) is 0.916. The van der Waals surface area contributed by atoms with Crippen molar-refractivity contribution in [2.75, 3.05) is 12.4 Å². The molecule has 0 spiro atoms. The van der Waals surface area contributed by atoms with Crippen molar-refractivity contribution in [1.82, 2.24) is 4.90 Å². The molecule has 0 heterocycles. The summed E-state index contributed by atoms with van der Waals surface area (Å²) < 4.78 is 0. The molecular weight excluding hydrogens is 252 g/mol. The number of benzene rings is 1. The zero-order valence-corrected chi connectivity index (χ0v) is 11.7. The summed E-state index contributed by atoms with van der Waals surface area (Å²) in [6.45, 7) is 4.83. The van der Waals surface area contributed by atoms with Gasteiger partial charge in [-0.3, -0.25) is 9.59 Å². The number of hydrogen-bond donors (Lipinski definition) is 1. The van der Waals surface area contributed by atoms with Crippen LogP contribution in [0.15, 0.2) is 18.2 Å². The molecule has 18 heavy (non-hydrogen) atoms. The average molecular weight is 269 g/mol. The van der Waals surface area contributed by atoms with Crippen molar-refractivity contribution in [3.8, 4) is 0 Å². The molecule has 0 fully saturated rings. The molecular formula is C13H17ClN2O2. The predicted molar refractivity (Wildman–Crippen MR) is 72.6 cm³/mol. The topological polar surface area (TPSA) is 49.4 Å². The summed E-state index contributed by atoms with van der Waals surface area (Å²) in [5.74, 6) is -0.201. The number of nitrogens with zero attached hydrogens (tertiary/aromatic N) is 1. The van der Waals surface area contributed by atoms with Crippen LogP contribution in [0, 0.1) is 0 Å². The Balaban J connectivity index is 3.15. The van der Waals surface area contributed by atoms with Crippen LogP contribution in [-0.4, -0.2) is 23.8 Å². The molecule has 1 rings (SSSR count). The van der Waals surface area contributed by atoms with E-state index in [9.17, 15) is 9.59 Å². The largest absolute Gasteiger partial charge is 0.339 e. The van der Waals surface area contributed by atoms with E-state index in [1.54, 1.807) is 30.1 Å². The first kappa shape index (κ1) is 14.5. The van der Waals surface area contributed by atoms with Crippen LogP contribution in [-0.2, 0) is 9.59 Å². The van der Waals surface area contributed by atoms with E-state index in [4.69, 9.17) is 11.6 Å². The van der Waals surface area contributed by atoms with Gasteiger partial charge in [-0.1, -0.05) is 11.6 Å². The van der Waals surface area contributed by atoms with Crippen molar-refractivity contribution in [1.29, 1.82) is 0 Å². The van der Waals surface area contributed by atoms with Gasteiger partial charge in [0.15, 0.2) is 0 Å². The minimum absolute atomic E-state index is 0.0451. The Hall–Kier alpha value is -1.55. The van der Waals surface area contributed by atoms with E-state index in [0.29, 0.717) is 10.7 Å². The van der Waals surface area contributed by atoms with Crippen LogP contribution in [0.4, 0.5) is 5.69 Å². The second-order valence-electron chi connectivity index (χ2n) is 4.22. The van der Waals surface area contributed by atoms with Gasteiger partial charge in [0.1, 0.15) is 0 Å². The summed E-state index contributed by atoms with van der Waals surface area (Å²) in [6.07, 6.45) is 0. The Morgan fingerprint density at radius 1 is 1.33 bits per heavy atom. The Bertz CT molecular complexity index is 474. The van der Waals surface area contributed by atoms with Gasteiger partial charge in [-0.2, -0.15) is 0 Å². The number of rotatable bonds is 3. The van der Waals surface area contributed by atoms with Crippen molar-refractivity contribution in [2.24, 2.45) is 0 Å². The molecule has 1 unspecified atom stereocenters. The molecule has 0 aliphatic carbocycles. The van der Waals surface area contributed by atoms with Gasteiger partial charge in [0.2, 0.25) is 11.8 Å². The van der Waals surface area contributed by atoms with Gasteiger partial charge in [0.05, 0.1) is 6.04 Å². The van der Waals surface area contributed by atoms with Crippen molar-refractivity contribution in [3.63, 3.8) is 0 Å². The number of amides is 2. The van der Waals surface area contributed by atoms with E-state index < -0.39 is 0 Å². The molecule has 2 amide bonds. The highest BCUT2D eigenvalue weighted by molar-refractivity contribution is 6.30. The fraction of sp³-hybridized carbons (Fsp3) is 0.385. The van der Waals surface area contributed by atoms with Crippen LogP contribution >= 0.6 is 11.6 Å². The third kappa shape index (κ3) is 3.47. The van der Waals surface area contributed by atoms with Crippen LogP contribution in [0.1, 0.15) is 32.4 Å². The van der Waals surface area contributed by atoms with Crippen molar-refractivity contribution in [3.05, 3.63) is 28.8 Å². The van der Waals surface area contributed by atoms with Gasteiger partial charge in [-0.15, -0.1) is 0 Å². The lowest BCUT2D eigenvalue weighted by Gasteiger charge is -2.26. The molecule has 0 radical (unpaired) electrons. The molecule has 1 aromatic rings. The van der Waals surface area contributed by atoms with Gasteiger partial charge >= 0.3 is 0 Å². The highest BCUT2D eigenvalue weighted by Gasteiger charge is 2.18. The van der Waals surface area contributed by atoms with Crippen LogP contribution in [0.3, 0.4) is 0 Å². The highest BCUT2D eigenvalue weighted by atomic mass is 35.5. The third-order valence-electron chi connectivity index (χ3n) is 2.85.